The maximum atomic E-state index is 12.9. The van der Waals surface area contributed by atoms with Crippen molar-refractivity contribution in [1.82, 2.24) is 4.90 Å². The van der Waals surface area contributed by atoms with E-state index in [-0.39, 0.29) is 11.9 Å². The van der Waals surface area contributed by atoms with Crippen molar-refractivity contribution < 1.29 is 14.3 Å². The van der Waals surface area contributed by atoms with Crippen LogP contribution in [0.4, 0.5) is 0 Å². The van der Waals surface area contributed by atoms with Crippen molar-refractivity contribution in [3.63, 3.8) is 0 Å². The first-order valence-electron chi connectivity index (χ1n) is 9.51. The molecule has 5 heteroatoms. The smallest absolute Gasteiger partial charge is 0.254 e. The zero-order valence-electron chi connectivity index (χ0n) is 15.8. The van der Waals surface area contributed by atoms with E-state index in [1.807, 2.05) is 30.0 Å². The fraction of sp³-hybridized carbons (Fsp3) is 0.650. The van der Waals surface area contributed by atoms with Crippen LogP contribution in [0.2, 0.25) is 0 Å². The molecule has 1 fully saturated rings. The molecule has 0 spiro atoms. The number of hydrogen-bond donors (Lipinski definition) is 1. The number of piperidine rings is 1. The van der Waals surface area contributed by atoms with Gasteiger partial charge < -0.3 is 20.1 Å². The largest absolute Gasteiger partial charge is 0.490 e. The van der Waals surface area contributed by atoms with Crippen molar-refractivity contribution in [2.75, 3.05) is 26.3 Å². The molecule has 0 aromatic heterocycles. The summed E-state index contributed by atoms with van der Waals surface area (Å²) in [6.45, 7) is 8.92. The maximum absolute atomic E-state index is 12.9. The Morgan fingerprint density at radius 1 is 1.24 bits per heavy atom. The van der Waals surface area contributed by atoms with Gasteiger partial charge in [-0.3, -0.25) is 4.79 Å². The van der Waals surface area contributed by atoms with Crippen LogP contribution < -0.4 is 15.2 Å². The van der Waals surface area contributed by atoms with Crippen LogP contribution >= 0.6 is 0 Å². The highest BCUT2D eigenvalue weighted by molar-refractivity contribution is 5.95. The van der Waals surface area contributed by atoms with Gasteiger partial charge in [-0.1, -0.05) is 13.8 Å². The first-order chi connectivity index (χ1) is 12.1. The van der Waals surface area contributed by atoms with E-state index in [4.69, 9.17) is 15.2 Å². The monoisotopic (exact) mass is 348 g/mol. The lowest BCUT2D eigenvalue weighted by Gasteiger charge is -2.34. The average molecular weight is 348 g/mol. The molecule has 0 saturated carbocycles. The van der Waals surface area contributed by atoms with Crippen LogP contribution in [0.15, 0.2) is 18.2 Å². The summed E-state index contributed by atoms with van der Waals surface area (Å²) in [6.07, 6.45) is 3.94. The number of carbonyl (C=O) groups excluding carboxylic acids is 1. The summed E-state index contributed by atoms with van der Waals surface area (Å²) in [4.78, 5) is 14.8. The van der Waals surface area contributed by atoms with E-state index in [2.05, 4.69) is 13.8 Å². The molecule has 1 saturated heterocycles. The van der Waals surface area contributed by atoms with Gasteiger partial charge in [0.15, 0.2) is 11.5 Å². The van der Waals surface area contributed by atoms with Crippen molar-refractivity contribution in [1.29, 1.82) is 0 Å². The molecular weight excluding hydrogens is 316 g/mol. The van der Waals surface area contributed by atoms with Crippen molar-refractivity contribution in [2.24, 2.45) is 11.7 Å². The lowest BCUT2D eigenvalue weighted by atomic mass is 9.92. The Morgan fingerprint density at radius 3 is 2.56 bits per heavy atom. The number of carbonyl (C=O) groups is 1. The second kappa shape index (κ2) is 9.66. The fourth-order valence-corrected chi connectivity index (χ4v) is 3.10. The van der Waals surface area contributed by atoms with Gasteiger partial charge in [-0.15, -0.1) is 0 Å². The van der Waals surface area contributed by atoms with Gasteiger partial charge in [0.05, 0.1) is 13.2 Å². The molecule has 1 aromatic rings. The molecule has 0 bridgehead atoms. The zero-order valence-corrected chi connectivity index (χ0v) is 15.8. The Labute approximate surface area is 151 Å². The van der Waals surface area contributed by atoms with Crippen LogP contribution in [0.25, 0.3) is 0 Å². The van der Waals surface area contributed by atoms with Crippen LogP contribution in [0.1, 0.15) is 56.8 Å². The number of likely N-dealkylation sites (tertiary alicyclic amines) is 1. The molecule has 1 aliphatic rings. The normalized spacial score (nSPS) is 18.7. The van der Waals surface area contributed by atoms with Crippen LogP contribution in [-0.4, -0.2) is 43.2 Å². The summed E-state index contributed by atoms with van der Waals surface area (Å²) in [5.41, 5.74) is 6.69. The third-order valence-corrected chi connectivity index (χ3v) is 4.60. The van der Waals surface area contributed by atoms with Gasteiger partial charge in [-0.25, -0.2) is 0 Å². The predicted octanol–water partition coefficient (Wildman–Crippen LogP) is 3.46. The van der Waals surface area contributed by atoms with E-state index >= 15 is 0 Å². The highest BCUT2D eigenvalue weighted by Crippen LogP contribution is 2.30. The molecule has 2 unspecified atom stereocenters. The van der Waals surface area contributed by atoms with Crippen LogP contribution in [-0.2, 0) is 0 Å². The molecule has 0 aliphatic carbocycles. The van der Waals surface area contributed by atoms with E-state index < -0.39 is 0 Å². The van der Waals surface area contributed by atoms with Gasteiger partial charge in [0.25, 0.3) is 5.91 Å². The van der Waals surface area contributed by atoms with Gasteiger partial charge in [0, 0.05) is 24.7 Å². The van der Waals surface area contributed by atoms with Crippen LogP contribution in [0.3, 0.4) is 0 Å². The van der Waals surface area contributed by atoms with Gasteiger partial charge >= 0.3 is 0 Å². The van der Waals surface area contributed by atoms with Crippen LogP contribution in [0, 0.1) is 5.92 Å². The second-order valence-electron chi connectivity index (χ2n) is 6.87. The SMILES string of the molecule is CCCOc1ccc(C(=O)N2CCCC(C(C)N)C2)cc1OCCC. The minimum Gasteiger partial charge on any atom is -0.490 e. The Bertz CT molecular complexity index is 560. The van der Waals surface area contributed by atoms with E-state index in [9.17, 15) is 4.79 Å². The predicted molar refractivity (Wildman–Crippen MR) is 100 cm³/mol. The average Bonchev–Trinajstić information content (AvgIpc) is 2.64. The fourth-order valence-electron chi connectivity index (χ4n) is 3.10. The molecule has 1 heterocycles. The van der Waals surface area contributed by atoms with Crippen molar-refractivity contribution in [3.05, 3.63) is 23.8 Å². The molecule has 1 amide bonds. The van der Waals surface area contributed by atoms with E-state index in [1.54, 1.807) is 0 Å². The number of amides is 1. The number of nitrogens with two attached hydrogens (primary N) is 1. The molecule has 2 atom stereocenters. The number of hydrogen-bond acceptors (Lipinski definition) is 4. The van der Waals surface area contributed by atoms with E-state index in [1.165, 1.54) is 0 Å². The Kier molecular flexibility index (Phi) is 7.56. The first-order valence-corrected chi connectivity index (χ1v) is 9.51. The van der Waals surface area contributed by atoms with Gasteiger partial charge in [-0.05, 0) is 56.7 Å². The summed E-state index contributed by atoms with van der Waals surface area (Å²) in [6, 6.07) is 5.62. The minimum atomic E-state index is 0.0498. The summed E-state index contributed by atoms with van der Waals surface area (Å²) in [5, 5.41) is 0. The summed E-state index contributed by atoms with van der Waals surface area (Å²) in [5.74, 6) is 1.79. The van der Waals surface area contributed by atoms with Crippen molar-refractivity contribution in [3.8, 4) is 11.5 Å². The second-order valence-corrected chi connectivity index (χ2v) is 6.87. The Hall–Kier alpha value is -1.75. The molecule has 1 aliphatic heterocycles. The zero-order chi connectivity index (χ0) is 18.2. The third-order valence-electron chi connectivity index (χ3n) is 4.60. The lowest BCUT2D eigenvalue weighted by molar-refractivity contribution is 0.0660. The molecule has 5 nitrogen and oxygen atoms in total. The van der Waals surface area contributed by atoms with E-state index in [0.29, 0.717) is 36.2 Å². The lowest BCUT2D eigenvalue weighted by Crippen LogP contribution is -2.45. The number of nitrogens with zero attached hydrogens (tertiary/aromatic N) is 1. The number of benzene rings is 1. The molecule has 140 valence electrons. The molecule has 0 radical (unpaired) electrons. The minimum absolute atomic E-state index is 0.0498. The van der Waals surface area contributed by atoms with Gasteiger partial charge in [0.1, 0.15) is 0 Å². The molecule has 2 N–H and O–H groups in total. The Morgan fingerprint density at radius 2 is 1.92 bits per heavy atom. The Balaban J connectivity index is 2.15. The molecule has 2 rings (SSSR count). The van der Waals surface area contributed by atoms with Gasteiger partial charge in [0.2, 0.25) is 0 Å². The quantitative estimate of drug-likeness (QED) is 0.781. The highest BCUT2D eigenvalue weighted by atomic mass is 16.5. The molecule has 1 aromatic carbocycles. The maximum Gasteiger partial charge on any atom is 0.254 e. The highest BCUT2D eigenvalue weighted by Gasteiger charge is 2.27. The molecule has 25 heavy (non-hydrogen) atoms. The third kappa shape index (κ3) is 5.36. The number of ether oxygens (including phenoxy) is 2. The van der Waals surface area contributed by atoms with E-state index in [0.717, 1.165) is 38.8 Å². The van der Waals surface area contributed by atoms with Crippen molar-refractivity contribution >= 4 is 5.91 Å². The number of rotatable bonds is 8. The van der Waals surface area contributed by atoms with Gasteiger partial charge in [-0.2, -0.15) is 0 Å². The first kappa shape index (κ1) is 19.6. The summed E-state index contributed by atoms with van der Waals surface area (Å²) in [7, 11) is 0. The summed E-state index contributed by atoms with van der Waals surface area (Å²) < 4.78 is 11.6. The topological polar surface area (TPSA) is 64.8 Å². The molecular formula is C20H32N2O3. The standard InChI is InChI=1S/C20H32N2O3/c1-4-11-24-18-9-8-16(13-19(18)25-12-5-2)20(23)22-10-6-7-17(14-22)15(3)21/h8-9,13,15,17H,4-7,10-12,14,21H2,1-3H3. The van der Waals surface area contributed by atoms with Crippen LogP contribution in [0.5, 0.6) is 11.5 Å². The summed E-state index contributed by atoms with van der Waals surface area (Å²) >= 11 is 0. The van der Waals surface area contributed by atoms with Crippen molar-refractivity contribution in [2.45, 2.75) is 52.5 Å².